The van der Waals surface area contributed by atoms with E-state index < -0.39 is 5.79 Å². The van der Waals surface area contributed by atoms with Gasteiger partial charge in [-0.3, -0.25) is 0 Å². The molecule has 0 unspecified atom stereocenters. The van der Waals surface area contributed by atoms with E-state index in [9.17, 15) is 0 Å². The van der Waals surface area contributed by atoms with Gasteiger partial charge in [0.15, 0.2) is 0 Å². The Labute approximate surface area is 109 Å². The monoisotopic (exact) mass is 249 g/mol. The Bertz CT molecular complexity index is 422. The smallest absolute Gasteiger partial charge is 0.208 e. The fraction of sp³-hybridized carbons (Fsp3) is 0.600. The van der Waals surface area contributed by atoms with E-state index in [0.29, 0.717) is 19.8 Å². The van der Waals surface area contributed by atoms with Crippen molar-refractivity contribution in [2.75, 3.05) is 19.8 Å². The van der Waals surface area contributed by atoms with Crippen LogP contribution < -0.4 is 5.73 Å². The van der Waals surface area contributed by atoms with Crippen molar-refractivity contribution in [3.63, 3.8) is 0 Å². The van der Waals surface area contributed by atoms with Crippen LogP contribution >= 0.6 is 0 Å². The van der Waals surface area contributed by atoms with Gasteiger partial charge in [-0.1, -0.05) is 6.07 Å². The lowest BCUT2D eigenvalue weighted by Crippen LogP contribution is -2.45. The highest BCUT2D eigenvalue weighted by atomic mass is 16.7. The molecule has 0 atom stereocenters. The Morgan fingerprint density at radius 2 is 1.56 bits per heavy atom. The van der Waals surface area contributed by atoms with E-state index in [1.54, 1.807) is 0 Å². The Kier molecular flexibility index (Phi) is 3.76. The van der Waals surface area contributed by atoms with Gasteiger partial charge in [0.1, 0.15) is 0 Å². The van der Waals surface area contributed by atoms with Crippen LogP contribution in [-0.4, -0.2) is 19.8 Å². The van der Waals surface area contributed by atoms with Gasteiger partial charge < -0.3 is 15.2 Å². The molecule has 0 amide bonds. The zero-order valence-corrected chi connectivity index (χ0v) is 11.8. The van der Waals surface area contributed by atoms with Crippen molar-refractivity contribution >= 4 is 0 Å². The van der Waals surface area contributed by atoms with Gasteiger partial charge in [0.05, 0.1) is 19.8 Å². The minimum Gasteiger partial charge on any atom is -0.345 e. The highest BCUT2D eigenvalue weighted by molar-refractivity contribution is 5.46. The largest absolute Gasteiger partial charge is 0.345 e. The van der Waals surface area contributed by atoms with Crippen molar-refractivity contribution in [3.05, 3.63) is 33.9 Å². The highest BCUT2D eigenvalue weighted by Gasteiger charge is 2.38. The summed E-state index contributed by atoms with van der Waals surface area (Å²) in [5, 5.41) is 0. The second kappa shape index (κ2) is 5.00. The molecular weight excluding hydrogens is 226 g/mol. The quantitative estimate of drug-likeness (QED) is 0.875. The molecule has 0 radical (unpaired) electrons. The van der Waals surface area contributed by atoms with Crippen molar-refractivity contribution in [1.82, 2.24) is 0 Å². The van der Waals surface area contributed by atoms with Crippen LogP contribution in [0.15, 0.2) is 6.07 Å². The molecule has 0 spiro atoms. The van der Waals surface area contributed by atoms with Gasteiger partial charge in [0.25, 0.3) is 0 Å². The Hall–Kier alpha value is -0.900. The summed E-state index contributed by atoms with van der Waals surface area (Å²) in [5.74, 6) is -0.747. The lowest BCUT2D eigenvalue weighted by molar-refractivity contribution is -0.270. The SMILES string of the molecule is Cc1cc(C)c(C)c(C2(CN)OCCCO2)c1C. The molecule has 1 fully saturated rings. The molecule has 1 aromatic carbocycles. The molecule has 0 aliphatic carbocycles. The molecule has 1 heterocycles. The molecule has 0 bridgehead atoms. The average molecular weight is 249 g/mol. The third kappa shape index (κ3) is 2.07. The van der Waals surface area contributed by atoms with Crippen LogP contribution in [0, 0.1) is 27.7 Å². The van der Waals surface area contributed by atoms with Gasteiger partial charge in [-0.15, -0.1) is 0 Å². The summed E-state index contributed by atoms with van der Waals surface area (Å²) in [7, 11) is 0. The first-order valence-electron chi connectivity index (χ1n) is 6.57. The summed E-state index contributed by atoms with van der Waals surface area (Å²) in [6, 6.07) is 2.21. The Morgan fingerprint density at radius 3 is 2.00 bits per heavy atom. The van der Waals surface area contributed by atoms with E-state index in [-0.39, 0.29) is 0 Å². The number of nitrogens with two attached hydrogens (primary N) is 1. The van der Waals surface area contributed by atoms with Gasteiger partial charge in [0.2, 0.25) is 5.79 Å². The van der Waals surface area contributed by atoms with Crippen molar-refractivity contribution < 1.29 is 9.47 Å². The van der Waals surface area contributed by atoms with Crippen LogP contribution in [0.25, 0.3) is 0 Å². The van der Waals surface area contributed by atoms with Gasteiger partial charge in [-0.05, 0) is 56.4 Å². The normalized spacial score (nSPS) is 18.9. The summed E-state index contributed by atoms with van der Waals surface area (Å²) in [5.41, 5.74) is 12.1. The lowest BCUT2D eigenvalue weighted by Gasteiger charge is -2.39. The third-order valence-corrected chi connectivity index (χ3v) is 3.97. The molecule has 1 saturated heterocycles. The van der Waals surface area contributed by atoms with Crippen LogP contribution in [0.1, 0.15) is 34.2 Å². The first-order valence-corrected chi connectivity index (χ1v) is 6.57. The lowest BCUT2D eigenvalue weighted by atomic mass is 9.88. The van der Waals surface area contributed by atoms with E-state index in [2.05, 4.69) is 33.8 Å². The number of rotatable bonds is 2. The van der Waals surface area contributed by atoms with Gasteiger partial charge in [-0.2, -0.15) is 0 Å². The number of ether oxygens (including phenoxy) is 2. The highest BCUT2D eigenvalue weighted by Crippen LogP contribution is 2.36. The zero-order valence-electron chi connectivity index (χ0n) is 11.8. The van der Waals surface area contributed by atoms with Crippen LogP contribution in [0.3, 0.4) is 0 Å². The zero-order chi connectivity index (χ0) is 13.3. The molecule has 1 aromatic rings. The standard InChI is InChI=1S/C15H23NO2/c1-10-8-11(2)13(4)14(12(10)3)15(9-16)17-6-5-7-18-15/h8H,5-7,9,16H2,1-4H3. The van der Waals surface area contributed by atoms with E-state index in [1.807, 2.05) is 0 Å². The van der Waals surface area contributed by atoms with Crippen LogP contribution in [0.5, 0.6) is 0 Å². The van der Waals surface area contributed by atoms with Crippen molar-refractivity contribution in [1.29, 1.82) is 0 Å². The van der Waals surface area contributed by atoms with Crippen molar-refractivity contribution in [3.8, 4) is 0 Å². The number of hydrogen-bond acceptors (Lipinski definition) is 3. The van der Waals surface area contributed by atoms with Gasteiger partial charge in [0, 0.05) is 5.56 Å². The summed E-state index contributed by atoms with van der Waals surface area (Å²) >= 11 is 0. The molecule has 2 rings (SSSR count). The molecule has 1 aliphatic rings. The maximum Gasteiger partial charge on any atom is 0.208 e. The van der Waals surface area contributed by atoms with Crippen molar-refractivity contribution in [2.24, 2.45) is 5.73 Å². The minimum atomic E-state index is -0.747. The minimum absolute atomic E-state index is 0.359. The van der Waals surface area contributed by atoms with E-state index in [1.165, 1.54) is 22.3 Å². The molecule has 100 valence electrons. The molecule has 0 saturated carbocycles. The van der Waals surface area contributed by atoms with Crippen LogP contribution in [0.4, 0.5) is 0 Å². The molecular formula is C15H23NO2. The maximum absolute atomic E-state index is 5.96. The van der Waals surface area contributed by atoms with E-state index in [0.717, 1.165) is 12.0 Å². The summed E-state index contributed by atoms with van der Waals surface area (Å²) < 4.78 is 11.9. The molecule has 3 heteroatoms. The molecule has 2 N–H and O–H groups in total. The average Bonchev–Trinajstić information content (AvgIpc) is 2.38. The number of benzene rings is 1. The molecule has 3 nitrogen and oxygen atoms in total. The molecule has 1 aliphatic heterocycles. The maximum atomic E-state index is 5.96. The second-order valence-electron chi connectivity index (χ2n) is 5.14. The van der Waals surface area contributed by atoms with Gasteiger partial charge in [-0.25, -0.2) is 0 Å². The fourth-order valence-corrected chi connectivity index (χ4v) is 2.73. The predicted octanol–water partition coefficient (Wildman–Crippen LogP) is 2.47. The second-order valence-corrected chi connectivity index (χ2v) is 5.14. The number of hydrogen-bond donors (Lipinski definition) is 1. The molecule has 0 aromatic heterocycles. The third-order valence-electron chi connectivity index (χ3n) is 3.97. The number of aryl methyl sites for hydroxylation is 2. The van der Waals surface area contributed by atoms with Crippen LogP contribution in [-0.2, 0) is 15.3 Å². The predicted molar refractivity (Wildman–Crippen MR) is 72.6 cm³/mol. The Morgan fingerprint density at radius 1 is 1.06 bits per heavy atom. The first kappa shape index (κ1) is 13.5. The summed E-state index contributed by atoms with van der Waals surface area (Å²) in [4.78, 5) is 0. The summed E-state index contributed by atoms with van der Waals surface area (Å²) in [6.45, 7) is 10.3. The van der Waals surface area contributed by atoms with Crippen LogP contribution in [0.2, 0.25) is 0 Å². The first-order chi connectivity index (χ1) is 8.52. The fourth-order valence-electron chi connectivity index (χ4n) is 2.73. The Balaban J connectivity index is 2.61. The topological polar surface area (TPSA) is 44.5 Å². The summed E-state index contributed by atoms with van der Waals surface area (Å²) in [6.07, 6.45) is 0.935. The van der Waals surface area contributed by atoms with Crippen molar-refractivity contribution in [2.45, 2.75) is 39.9 Å². The van der Waals surface area contributed by atoms with E-state index in [4.69, 9.17) is 15.2 Å². The van der Waals surface area contributed by atoms with Gasteiger partial charge >= 0.3 is 0 Å². The molecule has 18 heavy (non-hydrogen) atoms. The van der Waals surface area contributed by atoms with E-state index >= 15 is 0 Å².